The molecule has 0 spiro atoms. The monoisotopic (exact) mass is 217 g/mol. The van der Waals surface area contributed by atoms with Crippen molar-refractivity contribution in [3.63, 3.8) is 0 Å². The summed E-state index contributed by atoms with van der Waals surface area (Å²) in [6.45, 7) is 1.02. The van der Waals surface area contributed by atoms with E-state index in [9.17, 15) is 0 Å². The van der Waals surface area contributed by atoms with Crippen LogP contribution < -0.4 is 11.1 Å². The van der Waals surface area contributed by atoms with E-state index in [2.05, 4.69) is 5.32 Å². The predicted octanol–water partition coefficient (Wildman–Crippen LogP) is 2.87. The van der Waals surface area contributed by atoms with Gasteiger partial charge in [-0.3, -0.25) is 0 Å². The molecule has 0 unspecified atom stereocenters. The molecule has 4 N–H and O–H groups in total. The highest BCUT2D eigenvalue weighted by molar-refractivity contribution is 5.87. The van der Waals surface area contributed by atoms with Gasteiger partial charge in [0.25, 0.3) is 0 Å². The summed E-state index contributed by atoms with van der Waals surface area (Å²) in [4.78, 5) is 0. The SMILES string of the molecule is N=Cc1cc(N)ccc1NCC1CCCC1. The van der Waals surface area contributed by atoms with Crippen LogP contribution in [0.2, 0.25) is 0 Å². The van der Waals surface area contributed by atoms with Gasteiger partial charge in [0.15, 0.2) is 0 Å². The fourth-order valence-electron chi connectivity index (χ4n) is 2.33. The largest absolute Gasteiger partial charge is 0.399 e. The van der Waals surface area contributed by atoms with E-state index < -0.39 is 0 Å². The summed E-state index contributed by atoms with van der Waals surface area (Å²) < 4.78 is 0. The number of hydrogen-bond donors (Lipinski definition) is 3. The molecule has 1 fully saturated rings. The van der Waals surface area contributed by atoms with E-state index in [-0.39, 0.29) is 0 Å². The summed E-state index contributed by atoms with van der Waals surface area (Å²) in [5.41, 5.74) is 8.30. The number of anilines is 2. The molecule has 0 heterocycles. The van der Waals surface area contributed by atoms with Crippen LogP contribution in [0.25, 0.3) is 0 Å². The van der Waals surface area contributed by atoms with Crippen molar-refractivity contribution < 1.29 is 0 Å². The molecule has 3 heteroatoms. The second-order valence-corrected chi connectivity index (χ2v) is 4.52. The Hall–Kier alpha value is -1.51. The van der Waals surface area contributed by atoms with Gasteiger partial charge in [0.2, 0.25) is 0 Å². The quantitative estimate of drug-likeness (QED) is 0.536. The average Bonchev–Trinajstić information content (AvgIpc) is 2.80. The van der Waals surface area contributed by atoms with Crippen LogP contribution in [0.4, 0.5) is 11.4 Å². The molecule has 1 aromatic rings. The van der Waals surface area contributed by atoms with Crippen molar-refractivity contribution in [3.05, 3.63) is 23.8 Å². The van der Waals surface area contributed by atoms with Gasteiger partial charge in [-0.25, -0.2) is 0 Å². The predicted molar refractivity (Wildman–Crippen MR) is 69.2 cm³/mol. The molecule has 3 nitrogen and oxygen atoms in total. The molecule has 0 radical (unpaired) electrons. The molecule has 0 aliphatic heterocycles. The van der Waals surface area contributed by atoms with Gasteiger partial charge in [0.05, 0.1) is 0 Å². The summed E-state index contributed by atoms with van der Waals surface area (Å²) in [5.74, 6) is 0.802. The lowest BCUT2D eigenvalue weighted by Gasteiger charge is -2.13. The van der Waals surface area contributed by atoms with Crippen LogP contribution >= 0.6 is 0 Å². The summed E-state index contributed by atoms with van der Waals surface area (Å²) in [6.07, 6.45) is 6.76. The lowest BCUT2D eigenvalue weighted by molar-refractivity contribution is 0.580. The first-order valence-corrected chi connectivity index (χ1v) is 5.93. The summed E-state index contributed by atoms with van der Waals surface area (Å²) >= 11 is 0. The molecular formula is C13H19N3. The number of nitrogen functional groups attached to an aromatic ring is 1. The third-order valence-electron chi connectivity index (χ3n) is 3.29. The second-order valence-electron chi connectivity index (χ2n) is 4.52. The molecule has 0 aromatic heterocycles. The van der Waals surface area contributed by atoms with Gasteiger partial charge < -0.3 is 16.5 Å². The van der Waals surface area contributed by atoms with Gasteiger partial charge in [-0.15, -0.1) is 0 Å². The topological polar surface area (TPSA) is 61.9 Å². The lowest BCUT2D eigenvalue weighted by atomic mass is 10.1. The fraction of sp³-hybridized carbons (Fsp3) is 0.462. The van der Waals surface area contributed by atoms with Crippen molar-refractivity contribution in [2.24, 2.45) is 5.92 Å². The van der Waals surface area contributed by atoms with Gasteiger partial charge in [-0.2, -0.15) is 0 Å². The summed E-state index contributed by atoms with van der Waals surface area (Å²) in [5, 5.41) is 10.8. The van der Waals surface area contributed by atoms with E-state index in [0.29, 0.717) is 5.69 Å². The molecular weight excluding hydrogens is 198 g/mol. The molecule has 2 rings (SSSR count). The van der Waals surface area contributed by atoms with Crippen molar-refractivity contribution in [2.45, 2.75) is 25.7 Å². The minimum absolute atomic E-state index is 0.713. The maximum Gasteiger partial charge on any atom is 0.0430 e. The number of hydrogen-bond acceptors (Lipinski definition) is 3. The van der Waals surface area contributed by atoms with Crippen LogP contribution in [0.5, 0.6) is 0 Å². The van der Waals surface area contributed by atoms with Crippen LogP contribution in [0.1, 0.15) is 31.2 Å². The van der Waals surface area contributed by atoms with E-state index in [1.165, 1.54) is 31.9 Å². The molecule has 0 atom stereocenters. The number of nitrogens with two attached hydrogens (primary N) is 1. The highest BCUT2D eigenvalue weighted by atomic mass is 14.9. The Morgan fingerprint density at radius 3 is 2.81 bits per heavy atom. The van der Waals surface area contributed by atoms with Crippen LogP contribution in [0, 0.1) is 11.3 Å². The maximum atomic E-state index is 7.35. The molecule has 16 heavy (non-hydrogen) atoms. The fourth-order valence-corrected chi connectivity index (χ4v) is 2.33. The van der Waals surface area contributed by atoms with Gasteiger partial charge in [0.1, 0.15) is 0 Å². The second kappa shape index (κ2) is 5.01. The molecule has 1 aliphatic carbocycles. The molecule has 1 aromatic carbocycles. The lowest BCUT2D eigenvalue weighted by Crippen LogP contribution is -2.12. The Morgan fingerprint density at radius 2 is 2.12 bits per heavy atom. The Balaban J connectivity index is 1.99. The minimum Gasteiger partial charge on any atom is -0.399 e. The Morgan fingerprint density at radius 1 is 1.38 bits per heavy atom. The number of rotatable bonds is 4. The zero-order valence-electron chi connectivity index (χ0n) is 9.50. The number of benzene rings is 1. The van der Waals surface area contributed by atoms with Crippen LogP contribution in [-0.2, 0) is 0 Å². The van der Waals surface area contributed by atoms with E-state index in [1.807, 2.05) is 18.2 Å². The molecule has 0 amide bonds. The van der Waals surface area contributed by atoms with E-state index in [0.717, 1.165) is 23.7 Å². The molecule has 1 aliphatic rings. The smallest absolute Gasteiger partial charge is 0.0430 e. The zero-order chi connectivity index (χ0) is 11.4. The van der Waals surface area contributed by atoms with Crippen molar-refractivity contribution in [2.75, 3.05) is 17.6 Å². The normalized spacial score (nSPS) is 16.2. The Labute approximate surface area is 96.6 Å². The first-order valence-electron chi connectivity index (χ1n) is 5.93. The molecule has 86 valence electrons. The number of nitrogens with one attached hydrogen (secondary N) is 2. The highest BCUT2D eigenvalue weighted by Gasteiger charge is 2.14. The average molecular weight is 217 g/mol. The maximum absolute atomic E-state index is 7.35. The van der Waals surface area contributed by atoms with Gasteiger partial charge in [-0.1, -0.05) is 12.8 Å². The first kappa shape index (κ1) is 11.0. The standard InChI is InChI=1S/C13H19N3/c14-8-11-7-12(15)5-6-13(11)16-9-10-3-1-2-4-10/h5-8,10,14,16H,1-4,9,15H2. The third kappa shape index (κ3) is 2.54. The van der Waals surface area contributed by atoms with Crippen LogP contribution in [0.15, 0.2) is 18.2 Å². The Bertz CT molecular complexity index is 367. The molecule has 0 bridgehead atoms. The summed E-state index contributed by atoms with van der Waals surface area (Å²) in [6, 6.07) is 5.68. The van der Waals surface area contributed by atoms with E-state index in [1.54, 1.807) is 0 Å². The van der Waals surface area contributed by atoms with Gasteiger partial charge >= 0.3 is 0 Å². The Kier molecular flexibility index (Phi) is 3.44. The zero-order valence-corrected chi connectivity index (χ0v) is 9.50. The van der Waals surface area contributed by atoms with Crippen LogP contribution in [-0.4, -0.2) is 12.8 Å². The first-order chi connectivity index (χ1) is 7.79. The molecule has 1 saturated carbocycles. The van der Waals surface area contributed by atoms with Crippen molar-refractivity contribution in [1.29, 1.82) is 5.41 Å². The van der Waals surface area contributed by atoms with Crippen molar-refractivity contribution >= 4 is 17.6 Å². The van der Waals surface area contributed by atoms with Crippen molar-refractivity contribution in [3.8, 4) is 0 Å². The van der Waals surface area contributed by atoms with Crippen LogP contribution in [0.3, 0.4) is 0 Å². The van der Waals surface area contributed by atoms with Crippen molar-refractivity contribution in [1.82, 2.24) is 0 Å². The van der Waals surface area contributed by atoms with E-state index in [4.69, 9.17) is 11.1 Å². The van der Waals surface area contributed by atoms with Gasteiger partial charge in [0, 0.05) is 29.7 Å². The van der Waals surface area contributed by atoms with E-state index >= 15 is 0 Å². The minimum atomic E-state index is 0.713. The highest BCUT2D eigenvalue weighted by Crippen LogP contribution is 2.25. The third-order valence-corrected chi connectivity index (χ3v) is 3.29. The molecule has 0 saturated heterocycles. The van der Waals surface area contributed by atoms with Gasteiger partial charge in [-0.05, 0) is 37.0 Å². The summed E-state index contributed by atoms with van der Waals surface area (Å²) in [7, 11) is 0.